The molecule has 0 bridgehead atoms. The minimum Gasteiger partial charge on any atom is -0.323 e. The van der Waals surface area contributed by atoms with Gasteiger partial charge in [0.2, 0.25) is 5.91 Å². The zero-order chi connectivity index (χ0) is 18.8. The van der Waals surface area contributed by atoms with Gasteiger partial charge in [0.05, 0.1) is 5.69 Å². The van der Waals surface area contributed by atoms with E-state index in [1.165, 1.54) is 16.8 Å². The van der Waals surface area contributed by atoms with Gasteiger partial charge in [0.1, 0.15) is 0 Å². The molecule has 0 unspecified atom stereocenters. The van der Waals surface area contributed by atoms with Crippen molar-refractivity contribution >= 4 is 17.5 Å². The van der Waals surface area contributed by atoms with E-state index in [0.717, 1.165) is 5.56 Å². The summed E-state index contributed by atoms with van der Waals surface area (Å²) >= 11 is 0. The molecule has 5 heteroatoms. The van der Waals surface area contributed by atoms with Crippen LogP contribution < -0.4 is 5.32 Å². The molecule has 0 atom stereocenters. The molecule has 1 heterocycles. The number of aromatic nitrogens is 2. The van der Waals surface area contributed by atoms with Crippen LogP contribution in [-0.4, -0.2) is 21.6 Å². The van der Waals surface area contributed by atoms with Crippen LogP contribution in [0.15, 0.2) is 85.1 Å². The third-order valence-electron chi connectivity index (χ3n) is 3.36. The van der Waals surface area contributed by atoms with Crippen LogP contribution in [0.25, 0.3) is 11.3 Å². The van der Waals surface area contributed by atoms with Gasteiger partial charge in [-0.05, 0) is 32.0 Å². The van der Waals surface area contributed by atoms with E-state index in [-0.39, 0.29) is 11.8 Å². The maximum absolute atomic E-state index is 12.0. The van der Waals surface area contributed by atoms with Gasteiger partial charge in [-0.1, -0.05) is 48.6 Å². The second-order valence-corrected chi connectivity index (χ2v) is 5.32. The van der Waals surface area contributed by atoms with E-state index in [2.05, 4.69) is 10.4 Å². The molecule has 1 amide bonds. The number of hydrogen-bond acceptors (Lipinski definition) is 3. The van der Waals surface area contributed by atoms with Gasteiger partial charge in [-0.25, -0.2) is 4.68 Å². The lowest BCUT2D eigenvalue weighted by atomic mass is 10.1. The third kappa shape index (κ3) is 5.56. The molecule has 1 aromatic heterocycles. The molecular weight excluding hydrogens is 326 g/mol. The van der Waals surface area contributed by atoms with Gasteiger partial charge in [0.15, 0.2) is 0 Å². The number of amides is 1. The molecule has 1 aromatic carbocycles. The van der Waals surface area contributed by atoms with Crippen molar-refractivity contribution in [2.24, 2.45) is 0 Å². The number of anilines is 1. The minimum atomic E-state index is -0.217. The summed E-state index contributed by atoms with van der Waals surface area (Å²) in [7, 11) is 0. The average molecular weight is 347 g/mol. The number of carbonyl (C=O) groups is 2. The van der Waals surface area contributed by atoms with E-state index in [1.54, 1.807) is 48.7 Å². The van der Waals surface area contributed by atoms with Crippen LogP contribution in [0.3, 0.4) is 0 Å². The monoisotopic (exact) mass is 347 g/mol. The highest BCUT2D eigenvalue weighted by Crippen LogP contribution is 2.19. The molecule has 0 aliphatic rings. The predicted octanol–water partition coefficient (Wildman–Crippen LogP) is 4.39. The molecule has 0 saturated carbocycles. The van der Waals surface area contributed by atoms with Crippen molar-refractivity contribution in [1.82, 2.24) is 9.78 Å². The van der Waals surface area contributed by atoms with E-state index in [4.69, 9.17) is 0 Å². The molecule has 1 N–H and O–H groups in total. The first kappa shape index (κ1) is 18.9. The van der Waals surface area contributed by atoms with Crippen molar-refractivity contribution in [3.05, 3.63) is 85.1 Å². The van der Waals surface area contributed by atoms with Gasteiger partial charge in [-0.2, -0.15) is 5.10 Å². The van der Waals surface area contributed by atoms with Crippen LogP contribution in [0.1, 0.15) is 18.6 Å². The van der Waals surface area contributed by atoms with Gasteiger partial charge in [-0.3, -0.25) is 9.59 Å². The van der Waals surface area contributed by atoms with Crippen molar-refractivity contribution < 1.29 is 9.59 Å². The summed E-state index contributed by atoms with van der Waals surface area (Å²) in [5.74, 6) is -0.412. The van der Waals surface area contributed by atoms with Gasteiger partial charge in [0.25, 0.3) is 5.91 Å². The smallest absolute Gasteiger partial charge is 0.270 e. The summed E-state index contributed by atoms with van der Waals surface area (Å²) < 4.78 is 1.29. The minimum absolute atomic E-state index is 0.196. The van der Waals surface area contributed by atoms with E-state index in [9.17, 15) is 9.59 Å². The summed E-state index contributed by atoms with van der Waals surface area (Å²) in [6, 6.07) is 9.05. The van der Waals surface area contributed by atoms with Crippen LogP contribution in [0.5, 0.6) is 0 Å². The van der Waals surface area contributed by atoms with E-state index in [1.807, 2.05) is 38.1 Å². The molecule has 2 rings (SSSR count). The fourth-order valence-corrected chi connectivity index (χ4v) is 2.09. The lowest BCUT2D eigenvalue weighted by Crippen LogP contribution is -2.08. The number of nitrogens with zero attached hydrogens (tertiary/aromatic N) is 2. The van der Waals surface area contributed by atoms with Gasteiger partial charge >= 0.3 is 0 Å². The molecule has 0 aliphatic carbocycles. The maximum atomic E-state index is 12.0. The Hall–Kier alpha value is -3.47. The summed E-state index contributed by atoms with van der Waals surface area (Å²) in [6.07, 6.45) is 15.1. The van der Waals surface area contributed by atoms with Crippen LogP contribution >= 0.6 is 0 Å². The predicted molar refractivity (Wildman–Crippen MR) is 105 cm³/mol. The SMILES string of the molecule is CC=CC=CC(=O)Nc1ccc(-c2ccn(C(=O)C=CC=CC)n2)cc1. The van der Waals surface area contributed by atoms with Gasteiger partial charge in [0, 0.05) is 29.6 Å². The van der Waals surface area contributed by atoms with Gasteiger partial charge in [-0.15, -0.1) is 0 Å². The van der Waals surface area contributed by atoms with Crippen molar-refractivity contribution in [3.8, 4) is 11.3 Å². The summed E-state index contributed by atoms with van der Waals surface area (Å²) in [5, 5.41) is 7.06. The van der Waals surface area contributed by atoms with Crippen molar-refractivity contribution in [3.63, 3.8) is 0 Å². The standard InChI is InChI=1S/C21H21N3O2/c1-3-5-7-9-20(25)22-18-13-11-17(12-14-18)19-15-16-24(23-19)21(26)10-8-6-4-2/h3-16H,1-2H3,(H,22,25). The Morgan fingerprint density at radius 2 is 1.58 bits per heavy atom. The Kier molecular flexibility index (Phi) is 7.06. The number of carbonyl (C=O) groups excluding carboxylic acids is 2. The molecule has 5 nitrogen and oxygen atoms in total. The topological polar surface area (TPSA) is 64.0 Å². The molecule has 0 spiro atoms. The Bertz CT molecular complexity index is 869. The first-order chi connectivity index (χ1) is 12.6. The number of benzene rings is 1. The van der Waals surface area contributed by atoms with Crippen molar-refractivity contribution in [2.75, 3.05) is 5.32 Å². The Balaban J connectivity index is 2.04. The van der Waals surface area contributed by atoms with E-state index in [0.29, 0.717) is 11.4 Å². The Morgan fingerprint density at radius 3 is 2.23 bits per heavy atom. The summed E-state index contributed by atoms with van der Waals surface area (Å²) in [4.78, 5) is 23.7. The fourth-order valence-electron chi connectivity index (χ4n) is 2.09. The van der Waals surface area contributed by atoms with Crippen molar-refractivity contribution in [2.45, 2.75) is 13.8 Å². The first-order valence-electron chi connectivity index (χ1n) is 8.24. The van der Waals surface area contributed by atoms with E-state index >= 15 is 0 Å². The summed E-state index contributed by atoms with van der Waals surface area (Å²) in [5.41, 5.74) is 2.23. The van der Waals surface area contributed by atoms with Crippen LogP contribution in [0.4, 0.5) is 5.69 Å². The van der Waals surface area contributed by atoms with Crippen LogP contribution in [-0.2, 0) is 4.79 Å². The zero-order valence-electron chi connectivity index (χ0n) is 14.8. The third-order valence-corrected chi connectivity index (χ3v) is 3.36. The quantitative estimate of drug-likeness (QED) is 0.622. The molecule has 0 radical (unpaired) electrons. The zero-order valence-corrected chi connectivity index (χ0v) is 14.8. The normalized spacial score (nSPS) is 11.9. The lowest BCUT2D eigenvalue weighted by molar-refractivity contribution is -0.111. The fraction of sp³-hybridized carbons (Fsp3) is 0.0952. The van der Waals surface area contributed by atoms with Gasteiger partial charge < -0.3 is 5.32 Å². The molecular formula is C21H21N3O2. The molecule has 26 heavy (non-hydrogen) atoms. The first-order valence-corrected chi connectivity index (χ1v) is 8.24. The molecule has 0 saturated heterocycles. The Labute approximate surface area is 153 Å². The highest BCUT2D eigenvalue weighted by Gasteiger charge is 2.06. The molecule has 132 valence electrons. The maximum Gasteiger partial charge on any atom is 0.270 e. The lowest BCUT2D eigenvalue weighted by Gasteiger charge is -2.03. The van der Waals surface area contributed by atoms with E-state index < -0.39 is 0 Å². The van der Waals surface area contributed by atoms with Crippen LogP contribution in [0.2, 0.25) is 0 Å². The summed E-state index contributed by atoms with van der Waals surface area (Å²) in [6.45, 7) is 3.76. The highest BCUT2D eigenvalue weighted by atomic mass is 16.2. The second-order valence-electron chi connectivity index (χ2n) is 5.32. The number of rotatable bonds is 6. The average Bonchev–Trinajstić information content (AvgIpc) is 3.13. The molecule has 0 aliphatic heterocycles. The van der Waals surface area contributed by atoms with Crippen molar-refractivity contribution in [1.29, 1.82) is 0 Å². The highest BCUT2D eigenvalue weighted by molar-refractivity contribution is 5.99. The number of hydrogen-bond donors (Lipinski definition) is 1. The second kappa shape index (κ2) is 9.74. The number of allylic oxidation sites excluding steroid dienone is 7. The number of nitrogens with one attached hydrogen (secondary N) is 1. The Morgan fingerprint density at radius 1 is 0.923 bits per heavy atom. The molecule has 0 fully saturated rings. The molecule has 2 aromatic rings. The van der Waals surface area contributed by atoms with Crippen LogP contribution in [0, 0.1) is 0 Å². The largest absolute Gasteiger partial charge is 0.323 e.